The fourth-order valence-corrected chi connectivity index (χ4v) is 3.19. The van der Waals surface area contributed by atoms with E-state index in [-0.39, 0.29) is 35.0 Å². The predicted octanol–water partition coefficient (Wildman–Crippen LogP) is -0.145. The van der Waals surface area contributed by atoms with Gasteiger partial charge in [0.1, 0.15) is 11.7 Å². The molecule has 13 nitrogen and oxygen atoms in total. The number of hydrogen-bond donors (Lipinski definition) is 8. The standard InChI is InChI=1S/C20H21N5O6.CH4N2S/c21-20-24-16-15(18(29)25-20)12(9-22-16)6-3-10-1-4-11(5-2-10)17(28)23-13(19(30)31)7-8-14(26)27;2-1(3)4/h1-2,4-5,9,13H,3,6-8H2,(H,23,28)(H,26,27)(H,30,31)(H4,21,22,24,25,29);(H4,2,3,4)/t13-;/m0./s1. The molecule has 0 aliphatic rings. The number of nitrogens with one attached hydrogen (secondary N) is 3. The maximum atomic E-state index is 12.3. The normalized spacial score (nSPS) is 11.2. The number of hydrogen-bond acceptors (Lipinski definition) is 7. The number of rotatable bonds is 9. The Hall–Kier alpha value is -4.46. The van der Waals surface area contributed by atoms with E-state index in [1.54, 1.807) is 30.5 Å². The number of carboxylic acid groups (broad SMARTS) is 2. The second-order valence-corrected chi connectivity index (χ2v) is 7.86. The monoisotopic (exact) mass is 503 g/mol. The van der Waals surface area contributed by atoms with Gasteiger partial charge < -0.3 is 37.7 Å². The van der Waals surface area contributed by atoms with Crippen molar-refractivity contribution in [3.05, 3.63) is 57.5 Å². The molecule has 0 aliphatic carbocycles. The van der Waals surface area contributed by atoms with Crippen molar-refractivity contribution in [2.45, 2.75) is 31.7 Å². The number of anilines is 1. The van der Waals surface area contributed by atoms with Crippen LogP contribution in [0.4, 0.5) is 5.95 Å². The molecule has 1 amide bonds. The Kier molecular flexibility index (Phi) is 9.28. The van der Waals surface area contributed by atoms with Gasteiger partial charge >= 0.3 is 11.9 Å². The van der Waals surface area contributed by atoms with Gasteiger partial charge in [-0.1, -0.05) is 12.1 Å². The Morgan fingerprint density at radius 3 is 2.31 bits per heavy atom. The number of aliphatic carboxylic acids is 2. The minimum Gasteiger partial charge on any atom is -0.481 e. The molecule has 2 aromatic heterocycles. The molecule has 2 heterocycles. The SMILES string of the molecule is NC(N)=S.Nc1nc2[nH]cc(CCc3ccc(C(=O)N[C@@H](CCC(=O)O)C(=O)O)cc3)c2c(=O)[nH]1. The summed E-state index contributed by atoms with van der Waals surface area (Å²) in [5, 5.41) is 20.6. The zero-order chi connectivity index (χ0) is 26.1. The number of nitrogens with two attached hydrogens (primary N) is 3. The number of benzene rings is 1. The highest BCUT2D eigenvalue weighted by molar-refractivity contribution is 7.80. The lowest BCUT2D eigenvalue weighted by Gasteiger charge is -2.13. The second kappa shape index (κ2) is 12.1. The van der Waals surface area contributed by atoms with Crippen LogP contribution in [0.1, 0.15) is 34.3 Å². The number of carboxylic acids is 2. The van der Waals surface area contributed by atoms with Crippen LogP contribution in [-0.4, -0.2) is 54.2 Å². The van der Waals surface area contributed by atoms with E-state index in [4.69, 9.17) is 15.9 Å². The van der Waals surface area contributed by atoms with Crippen molar-refractivity contribution in [3.8, 4) is 0 Å². The number of aromatic nitrogens is 3. The van der Waals surface area contributed by atoms with Crippen LogP contribution in [0.15, 0.2) is 35.3 Å². The average Bonchev–Trinajstić information content (AvgIpc) is 3.17. The fourth-order valence-electron chi connectivity index (χ4n) is 3.19. The Balaban J connectivity index is 0.00000100. The van der Waals surface area contributed by atoms with Crippen LogP contribution >= 0.6 is 12.2 Å². The lowest BCUT2D eigenvalue weighted by molar-refractivity contribution is -0.140. The molecule has 14 heteroatoms. The largest absolute Gasteiger partial charge is 0.481 e. The van der Waals surface area contributed by atoms with Gasteiger partial charge in [-0.3, -0.25) is 19.4 Å². The highest BCUT2D eigenvalue weighted by atomic mass is 32.1. The summed E-state index contributed by atoms with van der Waals surface area (Å²) < 4.78 is 0. The molecule has 0 radical (unpaired) electrons. The van der Waals surface area contributed by atoms with Crippen LogP contribution in [0.5, 0.6) is 0 Å². The molecule has 0 unspecified atom stereocenters. The Labute approximate surface area is 203 Å². The smallest absolute Gasteiger partial charge is 0.326 e. The molecule has 1 aromatic carbocycles. The van der Waals surface area contributed by atoms with Gasteiger partial charge in [-0.25, -0.2) is 4.79 Å². The van der Waals surface area contributed by atoms with E-state index in [1.165, 1.54) is 0 Å². The van der Waals surface area contributed by atoms with Gasteiger partial charge in [-0.15, -0.1) is 0 Å². The van der Waals surface area contributed by atoms with Crippen molar-refractivity contribution < 1.29 is 24.6 Å². The van der Waals surface area contributed by atoms with E-state index in [2.05, 4.69) is 44.0 Å². The number of H-pyrrole nitrogens is 2. The van der Waals surface area contributed by atoms with Crippen LogP contribution in [0.2, 0.25) is 0 Å². The van der Waals surface area contributed by atoms with Crippen molar-refractivity contribution in [2.24, 2.45) is 11.5 Å². The summed E-state index contributed by atoms with van der Waals surface area (Å²) >= 11 is 4.09. The van der Waals surface area contributed by atoms with Crippen molar-refractivity contribution in [1.29, 1.82) is 0 Å². The highest BCUT2D eigenvalue weighted by Gasteiger charge is 2.21. The fraction of sp³-hybridized carbons (Fsp3) is 0.238. The Morgan fingerprint density at radius 2 is 1.74 bits per heavy atom. The average molecular weight is 504 g/mol. The summed E-state index contributed by atoms with van der Waals surface area (Å²) in [5.41, 5.74) is 16.8. The van der Waals surface area contributed by atoms with Gasteiger partial charge in [0.15, 0.2) is 5.11 Å². The zero-order valence-electron chi connectivity index (χ0n) is 18.4. The molecular formula is C21H25N7O6S. The topological polar surface area (TPSA) is 243 Å². The van der Waals surface area contributed by atoms with Crippen molar-refractivity contribution in [3.63, 3.8) is 0 Å². The molecule has 35 heavy (non-hydrogen) atoms. The molecule has 1 atom stereocenters. The van der Waals surface area contributed by atoms with Gasteiger partial charge in [0, 0.05) is 18.2 Å². The van der Waals surface area contributed by atoms with Gasteiger partial charge in [0.25, 0.3) is 11.5 Å². The van der Waals surface area contributed by atoms with E-state index in [0.29, 0.717) is 23.9 Å². The first-order valence-corrected chi connectivity index (χ1v) is 10.6. The maximum absolute atomic E-state index is 12.3. The first kappa shape index (κ1) is 26.8. The summed E-state index contributed by atoms with van der Waals surface area (Å²) in [4.78, 5) is 55.7. The minimum absolute atomic E-state index is 0.000000000000000222. The molecule has 0 saturated heterocycles. The third-order valence-electron chi connectivity index (χ3n) is 4.79. The number of nitrogen functional groups attached to an aromatic ring is 1. The summed E-state index contributed by atoms with van der Waals surface area (Å²) in [5.74, 6) is -3.00. The molecule has 3 aromatic rings. The lowest BCUT2D eigenvalue weighted by Crippen LogP contribution is -2.41. The third kappa shape index (κ3) is 8.12. The number of amides is 1. The zero-order valence-corrected chi connectivity index (χ0v) is 19.2. The summed E-state index contributed by atoms with van der Waals surface area (Å²) in [6.07, 6.45) is 2.27. The van der Waals surface area contributed by atoms with E-state index in [1.807, 2.05) is 0 Å². The third-order valence-corrected chi connectivity index (χ3v) is 4.79. The molecule has 3 rings (SSSR count). The molecule has 0 saturated carbocycles. The number of carbonyl (C=O) groups is 3. The van der Waals surface area contributed by atoms with Crippen LogP contribution < -0.4 is 28.1 Å². The van der Waals surface area contributed by atoms with Crippen molar-refractivity contribution in [2.75, 3.05) is 5.73 Å². The van der Waals surface area contributed by atoms with E-state index in [9.17, 15) is 19.2 Å². The molecular weight excluding hydrogens is 478 g/mol. The number of nitrogens with zero attached hydrogens (tertiary/aromatic N) is 1. The maximum Gasteiger partial charge on any atom is 0.326 e. The minimum atomic E-state index is -1.30. The first-order chi connectivity index (χ1) is 16.5. The van der Waals surface area contributed by atoms with Gasteiger partial charge in [-0.2, -0.15) is 4.98 Å². The van der Waals surface area contributed by atoms with Crippen LogP contribution in [0.3, 0.4) is 0 Å². The molecule has 0 bridgehead atoms. The number of aromatic amines is 2. The van der Waals surface area contributed by atoms with Crippen LogP contribution in [0, 0.1) is 0 Å². The van der Waals surface area contributed by atoms with E-state index < -0.39 is 23.9 Å². The quantitative estimate of drug-likeness (QED) is 0.178. The Bertz CT molecular complexity index is 1280. The van der Waals surface area contributed by atoms with Crippen molar-refractivity contribution >= 4 is 52.2 Å². The number of aryl methyl sites for hydroxylation is 2. The number of thiocarbonyl (C=S) groups is 1. The number of fused-ring (bicyclic) bond motifs is 1. The molecule has 11 N–H and O–H groups in total. The summed E-state index contributed by atoms with van der Waals surface area (Å²) in [7, 11) is 0. The molecule has 186 valence electrons. The Morgan fingerprint density at radius 1 is 1.11 bits per heavy atom. The first-order valence-electron chi connectivity index (χ1n) is 10.2. The highest BCUT2D eigenvalue weighted by Crippen LogP contribution is 2.16. The summed E-state index contributed by atoms with van der Waals surface area (Å²) in [6, 6.07) is 5.30. The lowest BCUT2D eigenvalue weighted by atomic mass is 10.0. The number of carbonyl (C=O) groups excluding carboxylic acids is 1. The van der Waals surface area contributed by atoms with Crippen LogP contribution in [-0.2, 0) is 22.4 Å². The second-order valence-electron chi connectivity index (χ2n) is 7.38. The molecule has 0 fully saturated rings. The van der Waals surface area contributed by atoms with Crippen molar-refractivity contribution in [1.82, 2.24) is 20.3 Å². The van der Waals surface area contributed by atoms with Gasteiger partial charge in [0.2, 0.25) is 5.95 Å². The van der Waals surface area contributed by atoms with Gasteiger partial charge in [0.05, 0.1) is 5.39 Å². The predicted molar refractivity (Wildman–Crippen MR) is 132 cm³/mol. The molecule has 0 aliphatic heterocycles. The molecule has 0 spiro atoms. The summed E-state index contributed by atoms with van der Waals surface area (Å²) in [6.45, 7) is 0. The van der Waals surface area contributed by atoms with E-state index >= 15 is 0 Å². The van der Waals surface area contributed by atoms with E-state index in [0.717, 1.165) is 11.1 Å². The van der Waals surface area contributed by atoms with Crippen LogP contribution in [0.25, 0.3) is 11.0 Å². The van der Waals surface area contributed by atoms with Gasteiger partial charge in [-0.05, 0) is 54.7 Å².